The van der Waals surface area contributed by atoms with Gasteiger partial charge in [0.2, 0.25) is 17.7 Å². The predicted molar refractivity (Wildman–Crippen MR) is 144 cm³/mol. The van der Waals surface area contributed by atoms with E-state index in [-0.39, 0.29) is 18.0 Å². The van der Waals surface area contributed by atoms with Crippen molar-refractivity contribution in [1.82, 2.24) is 5.32 Å². The molecular weight excluding hydrogens is 516 g/mol. The van der Waals surface area contributed by atoms with Crippen molar-refractivity contribution in [2.45, 2.75) is 31.8 Å². The zero-order valence-electron chi connectivity index (χ0n) is 21.7. The van der Waals surface area contributed by atoms with Crippen LogP contribution in [0.4, 0.5) is 17.1 Å². The third-order valence-corrected chi connectivity index (χ3v) is 7.52. The molecule has 2 aliphatic rings. The number of nitro groups is 1. The molecule has 4 atom stereocenters. The first-order valence-corrected chi connectivity index (χ1v) is 12.6. The molecule has 0 aromatic heterocycles. The highest BCUT2D eigenvalue weighted by molar-refractivity contribution is 6.25. The van der Waals surface area contributed by atoms with Crippen LogP contribution < -0.4 is 15.5 Å². The number of hydrogen-bond acceptors (Lipinski definition) is 7. The summed E-state index contributed by atoms with van der Waals surface area (Å²) in [7, 11) is 0. The number of fused-ring (bicyclic) bond motifs is 1. The van der Waals surface area contributed by atoms with E-state index in [0.717, 1.165) is 4.90 Å². The van der Waals surface area contributed by atoms with Crippen LogP contribution in [-0.2, 0) is 25.6 Å². The zero-order chi connectivity index (χ0) is 28.8. The standard InChI is InChI=1S/C29H26N4O7/c1-16-8-13-21(22(14-16)33(39)40)32-26(35)23-24(27(32)36)29(28(37)38,15-18-6-4-3-5-7-18)31-25(23)19-9-11-20(12-10-19)30-17(2)34/h3-14,23-25,31H,15H2,1-2H3,(H,30,34)(H,37,38)/t23-,24-,25+,29+/m1/s1. The Bertz CT molecular complexity index is 1540. The van der Waals surface area contributed by atoms with Gasteiger partial charge in [0.1, 0.15) is 11.2 Å². The number of nitrogens with zero attached hydrogens (tertiary/aromatic N) is 2. The van der Waals surface area contributed by atoms with E-state index in [0.29, 0.717) is 22.4 Å². The highest BCUT2D eigenvalue weighted by atomic mass is 16.6. The number of nitro benzene ring substituents is 1. The summed E-state index contributed by atoms with van der Waals surface area (Å²) in [6.45, 7) is 3.02. The largest absolute Gasteiger partial charge is 0.480 e. The number of aliphatic carboxylic acids is 1. The third kappa shape index (κ3) is 4.39. The van der Waals surface area contributed by atoms with Gasteiger partial charge in [-0.25, -0.2) is 4.90 Å². The van der Waals surface area contributed by atoms with Crippen LogP contribution in [0.3, 0.4) is 0 Å². The number of carboxylic acids is 1. The summed E-state index contributed by atoms with van der Waals surface area (Å²) in [5, 5.41) is 28.3. The SMILES string of the molecule is CC(=O)Nc1ccc([C@@H]2N[C@](Cc3ccccc3)(C(=O)O)[C@H]3C(=O)N(c4ccc(C)cc4[N+](=O)[O-])C(=O)[C@@H]23)cc1. The summed E-state index contributed by atoms with van der Waals surface area (Å²) >= 11 is 0. The van der Waals surface area contributed by atoms with Crippen LogP contribution in [0.2, 0.25) is 0 Å². The minimum absolute atomic E-state index is 0.104. The number of nitrogens with one attached hydrogen (secondary N) is 2. The van der Waals surface area contributed by atoms with Crippen LogP contribution in [0.5, 0.6) is 0 Å². The van der Waals surface area contributed by atoms with Gasteiger partial charge in [-0.2, -0.15) is 0 Å². The quantitative estimate of drug-likeness (QED) is 0.233. The summed E-state index contributed by atoms with van der Waals surface area (Å²) in [6.07, 6.45) is -0.104. The first kappa shape index (κ1) is 26.7. The van der Waals surface area contributed by atoms with Gasteiger partial charge in [0.05, 0.1) is 16.8 Å². The van der Waals surface area contributed by atoms with Crippen molar-refractivity contribution in [3.8, 4) is 0 Å². The minimum atomic E-state index is -1.88. The van der Waals surface area contributed by atoms with Crippen molar-refractivity contribution < 1.29 is 29.2 Å². The molecule has 0 unspecified atom stereocenters. The summed E-state index contributed by atoms with van der Waals surface area (Å²) in [5.41, 5.74) is -0.260. The lowest BCUT2D eigenvalue weighted by atomic mass is 9.76. The maximum absolute atomic E-state index is 14.1. The summed E-state index contributed by atoms with van der Waals surface area (Å²) in [4.78, 5) is 64.5. The molecule has 40 heavy (non-hydrogen) atoms. The molecule has 5 rings (SSSR count). The maximum atomic E-state index is 14.1. The van der Waals surface area contributed by atoms with E-state index in [1.54, 1.807) is 67.6 Å². The van der Waals surface area contributed by atoms with E-state index in [9.17, 15) is 34.4 Å². The van der Waals surface area contributed by atoms with E-state index >= 15 is 0 Å². The van der Waals surface area contributed by atoms with Crippen LogP contribution in [0.25, 0.3) is 0 Å². The molecule has 0 spiro atoms. The Morgan fingerprint density at radius 1 is 1.05 bits per heavy atom. The van der Waals surface area contributed by atoms with Crippen LogP contribution >= 0.6 is 0 Å². The van der Waals surface area contributed by atoms with Crippen LogP contribution in [0.1, 0.15) is 29.7 Å². The molecule has 2 aliphatic heterocycles. The van der Waals surface area contributed by atoms with E-state index in [1.807, 2.05) is 0 Å². The van der Waals surface area contributed by atoms with Gasteiger partial charge in [-0.05, 0) is 41.8 Å². The summed E-state index contributed by atoms with van der Waals surface area (Å²) in [6, 6.07) is 18.6. The number of carboxylic acid groups (broad SMARTS) is 1. The molecule has 0 aliphatic carbocycles. The van der Waals surface area contributed by atoms with Crippen LogP contribution in [0.15, 0.2) is 72.8 Å². The molecule has 11 heteroatoms. The fourth-order valence-corrected chi connectivity index (χ4v) is 5.83. The molecule has 11 nitrogen and oxygen atoms in total. The van der Waals surface area contributed by atoms with Gasteiger partial charge in [0.25, 0.3) is 5.69 Å². The van der Waals surface area contributed by atoms with E-state index in [1.165, 1.54) is 19.1 Å². The Hall–Kier alpha value is -4.90. The van der Waals surface area contributed by atoms with Gasteiger partial charge in [-0.3, -0.25) is 34.6 Å². The van der Waals surface area contributed by atoms with Crippen LogP contribution in [0, 0.1) is 28.9 Å². The maximum Gasteiger partial charge on any atom is 0.325 e. The normalized spacial score (nSPS) is 23.6. The minimum Gasteiger partial charge on any atom is -0.480 e. The molecule has 2 fully saturated rings. The Labute approximate surface area is 229 Å². The number of imide groups is 1. The number of anilines is 2. The lowest BCUT2D eigenvalue weighted by molar-refractivity contribution is -0.384. The van der Waals surface area contributed by atoms with Gasteiger partial charge >= 0.3 is 5.97 Å². The van der Waals surface area contributed by atoms with Crippen molar-refractivity contribution in [3.63, 3.8) is 0 Å². The molecule has 0 saturated carbocycles. The lowest BCUT2D eigenvalue weighted by Gasteiger charge is -2.31. The van der Waals surface area contributed by atoms with E-state index in [4.69, 9.17) is 0 Å². The topological polar surface area (TPSA) is 159 Å². The van der Waals surface area contributed by atoms with Crippen LogP contribution in [-0.4, -0.2) is 39.3 Å². The third-order valence-electron chi connectivity index (χ3n) is 7.52. The number of benzene rings is 3. The second-order valence-corrected chi connectivity index (χ2v) is 10.1. The van der Waals surface area contributed by atoms with Gasteiger partial charge in [0, 0.05) is 31.1 Å². The van der Waals surface area contributed by atoms with Gasteiger partial charge in [-0.1, -0.05) is 48.5 Å². The number of amides is 3. The Balaban J connectivity index is 1.65. The number of carbonyl (C=O) groups is 4. The monoisotopic (exact) mass is 542 g/mol. The van der Waals surface area contributed by atoms with Gasteiger partial charge in [0.15, 0.2) is 0 Å². The van der Waals surface area contributed by atoms with Gasteiger partial charge < -0.3 is 10.4 Å². The van der Waals surface area contributed by atoms with E-state index in [2.05, 4.69) is 10.6 Å². The molecule has 3 N–H and O–H groups in total. The molecule has 2 heterocycles. The number of hydrogen-bond donors (Lipinski definition) is 3. The summed E-state index contributed by atoms with van der Waals surface area (Å²) < 4.78 is 0. The molecule has 0 bridgehead atoms. The molecule has 3 aromatic carbocycles. The Kier molecular flexibility index (Phi) is 6.68. The first-order valence-electron chi connectivity index (χ1n) is 12.6. The molecule has 3 amide bonds. The average molecular weight is 543 g/mol. The van der Waals surface area contributed by atoms with Crippen molar-refractivity contribution in [2.75, 3.05) is 10.2 Å². The smallest absolute Gasteiger partial charge is 0.325 e. The fraction of sp³-hybridized carbons (Fsp3) is 0.241. The zero-order valence-corrected chi connectivity index (χ0v) is 21.7. The van der Waals surface area contributed by atoms with E-state index < -0.39 is 51.8 Å². The second kappa shape index (κ2) is 10.0. The second-order valence-electron chi connectivity index (χ2n) is 10.1. The lowest BCUT2D eigenvalue weighted by Crippen LogP contribution is -2.57. The van der Waals surface area contributed by atoms with Gasteiger partial charge in [-0.15, -0.1) is 0 Å². The molecule has 3 aromatic rings. The Morgan fingerprint density at radius 3 is 2.33 bits per heavy atom. The summed E-state index contributed by atoms with van der Waals surface area (Å²) in [5.74, 6) is -5.62. The first-order chi connectivity index (χ1) is 19.0. The molecule has 0 radical (unpaired) electrons. The molecule has 204 valence electrons. The Morgan fingerprint density at radius 2 is 1.73 bits per heavy atom. The van der Waals surface area contributed by atoms with Crippen molar-refractivity contribution >= 4 is 40.8 Å². The number of carbonyl (C=O) groups excluding carboxylic acids is 3. The highest BCUT2D eigenvalue weighted by Gasteiger charge is 2.69. The highest BCUT2D eigenvalue weighted by Crippen LogP contribution is 2.52. The number of aryl methyl sites for hydroxylation is 1. The average Bonchev–Trinajstić information content (AvgIpc) is 3.38. The molecular formula is C29H26N4O7. The predicted octanol–water partition coefficient (Wildman–Crippen LogP) is 3.38. The number of rotatable bonds is 7. The van der Waals surface area contributed by atoms with Crippen molar-refractivity contribution in [1.29, 1.82) is 0 Å². The molecule has 2 saturated heterocycles. The van der Waals surface area contributed by atoms with Crippen molar-refractivity contribution in [3.05, 3.63) is 99.6 Å². The van der Waals surface area contributed by atoms with Crippen molar-refractivity contribution in [2.24, 2.45) is 11.8 Å². The fourth-order valence-electron chi connectivity index (χ4n) is 5.83.